The standard InChI is InChI=1S/C10H10N2O4/c13-8(14)5-10(9(15)16)6-11-7-3-1-2-4-12(7)10/h1-4H,5-6H2,(H,13,14)(H,15,16). The molecule has 1 unspecified atom stereocenters. The van der Waals surface area contributed by atoms with Gasteiger partial charge in [-0.05, 0) is 12.2 Å². The number of hydrogen-bond acceptors (Lipinski definition) is 4. The largest absolute Gasteiger partial charge is 0.481 e. The smallest absolute Gasteiger partial charge is 0.332 e. The van der Waals surface area contributed by atoms with Crippen molar-refractivity contribution in [2.45, 2.75) is 12.0 Å². The highest BCUT2D eigenvalue weighted by Gasteiger charge is 2.50. The fourth-order valence-corrected chi connectivity index (χ4v) is 1.85. The van der Waals surface area contributed by atoms with Crippen LogP contribution in [-0.2, 0) is 9.59 Å². The van der Waals surface area contributed by atoms with Gasteiger partial charge >= 0.3 is 11.9 Å². The van der Waals surface area contributed by atoms with E-state index in [0.29, 0.717) is 5.84 Å². The Morgan fingerprint density at radius 1 is 1.44 bits per heavy atom. The third-order valence-electron chi connectivity index (χ3n) is 2.64. The van der Waals surface area contributed by atoms with E-state index in [1.807, 2.05) is 0 Å². The molecule has 0 bridgehead atoms. The first-order chi connectivity index (χ1) is 7.56. The molecule has 0 radical (unpaired) electrons. The summed E-state index contributed by atoms with van der Waals surface area (Å²) in [5, 5.41) is 18.0. The van der Waals surface area contributed by atoms with Gasteiger partial charge in [0.2, 0.25) is 0 Å². The second-order valence-electron chi connectivity index (χ2n) is 3.65. The van der Waals surface area contributed by atoms with E-state index in [1.165, 1.54) is 4.90 Å². The Hall–Kier alpha value is -2.11. The quantitative estimate of drug-likeness (QED) is 0.705. The van der Waals surface area contributed by atoms with Crippen molar-refractivity contribution in [2.75, 3.05) is 6.54 Å². The Balaban J connectivity index is 2.37. The Labute approximate surface area is 91.2 Å². The van der Waals surface area contributed by atoms with Crippen LogP contribution in [0.25, 0.3) is 0 Å². The predicted octanol–water partition coefficient (Wildman–Crippen LogP) is 0.0821. The van der Waals surface area contributed by atoms with Gasteiger partial charge in [-0.25, -0.2) is 4.79 Å². The summed E-state index contributed by atoms with van der Waals surface area (Å²) in [5.74, 6) is -1.83. The molecule has 16 heavy (non-hydrogen) atoms. The van der Waals surface area contributed by atoms with E-state index in [9.17, 15) is 14.7 Å². The number of allylic oxidation sites excluding steroid dienone is 2. The van der Waals surface area contributed by atoms with Gasteiger partial charge < -0.3 is 15.1 Å². The zero-order valence-electron chi connectivity index (χ0n) is 8.33. The molecule has 0 saturated carbocycles. The van der Waals surface area contributed by atoms with Crippen molar-refractivity contribution in [1.29, 1.82) is 0 Å². The molecule has 2 N–H and O–H groups in total. The number of carboxylic acid groups (broad SMARTS) is 2. The van der Waals surface area contributed by atoms with Gasteiger partial charge in [-0.15, -0.1) is 0 Å². The Kier molecular flexibility index (Phi) is 2.26. The van der Waals surface area contributed by atoms with Crippen LogP contribution in [0.1, 0.15) is 6.42 Å². The molecule has 1 atom stereocenters. The molecule has 0 spiro atoms. The predicted molar refractivity (Wildman–Crippen MR) is 55.0 cm³/mol. The molecule has 2 aliphatic rings. The van der Waals surface area contributed by atoms with Gasteiger partial charge in [0.25, 0.3) is 0 Å². The van der Waals surface area contributed by atoms with Crippen molar-refractivity contribution in [1.82, 2.24) is 4.90 Å². The summed E-state index contributed by atoms with van der Waals surface area (Å²) in [6.07, 6.45) is 6.11. The van der Waals surface area contributed by atoms with Gasteiger partial charge in [0.1, 0.15) is 5.84 Å². The Morgan fingerprint density at radius 3 is 2.81 bits per heavy atom. The number of aliphatic imine (C=N–C) groups is 1. The summed E-state index contributed by atoms with van der Waals surface area (Å²) in [5.41, 5.74) is -1.48. The Bertz CT molecular complexity index is 438. The number of nitrogens with zero attached hydrogens (tertiary/aromatic N) is 2. The zero-order chi connectivity index (χ0) is 11.8. The fourth-order valence-electron chi connectivity index (χ4n) is 1.85. The van der Waals surface area contributed by atoms with Crippen molar-refractivity contribution in [3.8, 4) is 0 Å². The SMILES string of the molecule is O=C(O)CC1(C(=O)O)CN=C2C=CC=CN21. The number of rotatable bonds is 3. The number of fused-ring (bicyclic) bond motifs is 1. The van der Waals surface area contributed by atoms with Crippen LogP contribution in [0.2, 0.25) is 0 Å². The minimum absolute atomic E-state index is 0.0430. The molecule has 0 aliphatic carbocycles. The van der Waals surface area contributed by atoms with Gasteiger partial charge in [-0.3, -0.25) is 9.79 Å². The van der Waals surface area contributed by atoms with Gasteiger partial charge in [0.05, 0.1) is 13.0 Å². The topological polar surface area (TPSA) is 90.2 Å². The van der Waals surface area contributed by atoms with Crippen LogP contribution in [0.4, 0.5) is 0 Å². The van der Waals surface area contributed by atoms with E-state index in [2.05, 4.69) is 4.99 Å². The van der Waals surface area contributed by atoms with Crippen LogP contribution in [0.3, 0.4) is 0 Å². The average Bonchev–Trinajstić information content (AvgIpc) is 2.58. The molecule has 0 saturated heterocycles. The lowest BCUT2D eigenvalue weighted by molar-refractivity contribution is -0.153. The second kappa shape index (κ2) is 3.48. The van der Waals surface area contributed by atoms with Crippen molar-refractivity contribution in [3.05, 3.63) is 24.4 Å². The van der Waals surface area contributed by atoms with Gasteiger partial charge in [0.15, 0.2) is 5.54 Å². The summed E-state index contributed by atoms with van der Waals surface area (Å²) < 4.78 is 0. The van der Waals surface area contributed by atoms with Crippen molar-refractivity contribution in [3.63, 3.8) is 0 Å². The first kappa shape index (κ1) is 10.4. The van der Waals surface area contributed by atoms with Crippen LogP contribution >= 0.6 is 0 Å². The van der Waals surface area contributed by atoms with Crippen molar-refractivity contribution < 1.29 is 19.8 Å². The van der Waals surface area contributed by atoms with Gasteiger partial charge in [-0.1, -0.05) is 6.08 Å². The van der Waals surface area contributed by atoms with E-state index in [4.69, 9.17) is 5.11 Å². The second-order valence-corrected chi connectivity index (χ2v) is 3.65. The number of carboxylic acids is 2. The van der Waals surface area contributed by atoms with Crippen LogP contribution in [0, 0.1) is 0 Å². The molecule has 2 aliphatic heterocycles. The minimum Gasteiger partial charge on any atom is -0.481 e. The van der Waals surface area contributed by atoms with Crippen LogP contribution < -0.4 is 0 Å². The summed E-state index contributed by atoms with van der Waals surface area (Å²) in [6, 6.07) is 0. The molecular formula is C10H10N2O4. The third kappa shape index (κ3) is 1.39. The first-order valence-electron chi connectivity index (χ1n) is 4.70. The van der Waals surface area contributed by atoms with E-state index >= 15 is 0 Å². The number of aliphatic carboxylic acids is 2. The molecule has 2 heterocycles. The van der Waals surface area contributed by atoms with E-state index < -0.39 is 23.9 Å². The average molecular weight is 222 g/mol. The van der Waals surface area contributed by atoms with Gasteiger partial charge in [-0.2, -0.15) is 0 Å². The molecule has 0 aromatic rings. The van der Waals surface area contributed by atoms with Crippen LogP contribution in [0.5, 0.6) is 0 Å². The maximum Gasteiger partial charge on any atom is 0.332 e. The third-order valence-corrected chi connectivity index (χ3v) is 2.64. The lowest BCUT2D eigenvalue weighted by Crippen LogP contribution is -2.54. The van der Waals surface area contributed by atoms with Crippen LogP contribution in [0.15, 0.2) is 29.4 Å². The van der Waals surface area contributed by atoms with E-state index in [1.54, 1.807) is 24.4 Å². The lowest BCUT2D eigenvalue weighted by Gasteiger charge is -2.33. The molecule has 84 valence electrons. The molecule has 2 rings (SSSR count). The number of carbonyl (C=O) groups is 2. The summed E-state index contributed by atoms with van der Waals surface area (Å²) >= 11 is 0. The monoisotopic (exact) mass is 222 g/mol. The highest BCUT2D eigenvalue weighted by atomic mass is 16.4. The van der Waals surface area contributed by atoms with Crippen molar-refractivity contribution >= 4 is 17.8 Å². The molecule has 6 nitrogen and oxygen atoms in total. The lowest BCUT2D eigenvalue weighted by atomic mass is 9.94. The Morgan fingerprint density at radius 2 is 2.19 bits per heavy atom. The van der Waals surface area contributed by atoms with Gasteiger partial charge in [0, 0.05) is 6.20 Å². The molecule has 0 aromatic carbocycles. The van der Waals surface area contributed by atoms with Crippen LogP contribution in [-0.4, -0.2) is 45.0 Å². The molecule has 0 fully saturated rings. The number of amidine groups is 1. The molecule has 0 aromatic heterocycles. The van der Waals surface area contributed by atoms with E-state index in [0.717, 1.165) is 0 Å². The first-order valence-corrected chi connectivity index (χ1v) is 4.70. The maximum absolute atomic E-state index is 11.3. The maximum atomic E-state index is 11.3. The highest BCUT2D eigenvalue weighted by molar-refractivity contribution is 6.02. The van der Waals surface area contributed by atoms with Crippen molar-refractivity contribution in [2.24, 2.45) is 4.99 Å². The minimum atomic E-state index is -1.48. The zero-order valence-corrected chi connectivity index (χ0v) is 8.33. The number of hydrogen-bond donors (Lipinski definition) is 2. The molecule has 6 heteroatoms. The highest BCUT2D eigenvalue weighted by Crippen LogP contribution is 2.29. The summed E-state index contributed by atoms with van der Waals surface area (Å²) in [7, 11) is 0. The van der Waals surface area contributed by atoms with E-state index in [-0.39, 0.29) is 6.54 Å². The normalized spacial score (nSPS) is 26.5. The summed E-state index contributed by atoms with van der Waals surface area (Å²) in [4.78, 5) is 27.5. The fraction of sp³-hybridized carbons (Fsp3) is 0.300. The molecular weight excluding hydrogens is 212 g/mol. The summed E-state index contributed by atoms with van der Waals surface area (Å²) in [6.45, 7) is -0.0430. The molecule has 0 amide bonds.